The minimum Gasteiger partial charge on any atom is -0.340 e. The molecule has 4 heteroatoms. The molecule has 0 unspecified atom stereocenters. The van der Waals surface area contributed by atoms with Gasteiger partial charge in [0, 0.05) is 25.7 Å². The SMILES string of the molecule is CN(CCN)C(=O)c1ccccc1C=O. The fourth-order valence-corrected chi connectivity index (χ4v) is 1.30. The average Bonchev–Trinajstić information content (AvgIpc) is 2.28. The Morgan fingerprint density at radius 1 is 1.47 bits per heavy atom. The zero-order valence-electron chi connectivity index (χ0n) is 8.64. The number of amides is 1. The number of carbonyl (C=O) groups is 2. The third-order valence-electron chi connectivity index (χ3n) is 2.13. The Balaban J connectivity index is 2.95. The molecular formula is C11H14N2O2. The van der Waals surface area contributed by atoms with Gasteiger partial charge in [0.1, 0.15) is 0 Å². The summed E-state index contributed by atoms with van der Waals surface area (Å²) in [4.78, 5) is 24.0. The van der Waals surface area contributed by atoms with Gasteiger partial charge in [-0.3, -0.25) is 9.59 Å². The third-order valence-corrected chi connectivity index (χ3v) is 2.13. The summed E-state index contributed by atoms with van der Waals surface area (Å²) in [6.07, 6.45) is 0.684. The molecule has 0 aromatic heterocycles. The molecule has 0 atom stereocenters. The second-order valence-electron chi connectivity index (χ2n) is 3.22. The van der Waals surface area contributed by atoms with E-state index in [1.54, 1.807) is 31.3 Å². The molecule has 0 saturated carbocycles. The third kappa shape index (κ3) is 2.63. The highest BCUT2D eigenvalue weighted by Crippen LogP contribution is 2.08. The predicted molar refractivity (Wildman–Crippen MR) is 57.8 cm³/mol. The van der Waals surface area contributed by atoms with Crippen molar-refractivity contribution in [2.45, 2.75) is 0 Å². The smallest absolute Gasteiger partial charge is 0.254 e. The molecule has 80 valence electrons. The number of carbonyl (C=O) groups excluding carboxylic acids is 2. The summed E-state index contributed by atoms with van der Waals surface area (Å²) in [6.45, 7) is 0.886. The second kappa shape index (κ2) is 5.26. The van der Waals surface area contributed by atoms with Gasteiger partial charge in [-0.2, -0.15) is 0 Å². The van der Waals surface area contributed by atoms with Crippen LogP contribution in [0.3, 0.4) is 0 Å². The van der Waals surface area contributed by atoms with Gasteiger partial charge in [-0.25, -0.2) is 0 Å². The van der Waals surface area contributed by atoms with Crippen LogP contribution in [0.4, 0.5) is 0 Å². The van der Waals surface area contributed by atoms with Gasteiger partial charge in [0.15, 0.2) is 6.29 Å². The summed E-state index contributed by atoms with van der Waals surface area (Å²) >= 11 is 0. The van der Waals surface area contributed by atoms with Crippen molar-refractivity contribution >= 4 is 12.2 Å². The van der Waals surface area contributed by atoms with Crippen LogP contribution in [-0.4, -0.2) is 37.2 Å². The van der Waals surface area contributed by atoms with Crippen molar-refractivity contribution in [1.82, 2.24) is 4.90 Å². The normalized spacial score (nSPS) is 9.73. The van der Waals surface area contributed by atoms with Crippen LogP contribution in [0.5, 0.6) is 0 Å². The van der Waals surface area contributed by atoms with E-state index in [2.05, 4.69) is 0 Å². The predicted octanol–water partition coefficient (Wildman–Crippen LogP) is 0.530. The highest BCUT2D eigenvalue weighted by Gasteiger charge is 2.13. The molecule has 1 aromatic rings. The first-order valence-electron chi connectivity index (χ1n) is 4.70. The quantitative estimate of drug-likeness (QED) is 0.731. The molecule has 0 radical (unpaired) electrons. The standard InChI is InChI=1S/C11H14N2O2/c1-13(7-6-12)11(15)10-5-3-2-4-9(10)8-14/h2-5,8H,6-7,12H2,1H3. The number of likely N-dealkylation sites (N-methyl/N-ethyl adjacent to an activating group) is 1. The first-order chi connectivity index (χ1) is 7.20. The van der Waals surface area contributed by atoms with Crippen molar-refractivity contribution in [3.8, 4) is 0 Å². The summed E-state index contributed by atoms with van der Waals surface area (Å²) in [5, 5.41) is 0. The van der Waals surface area contributed by atoms with Gasteiger partial charge in [-0.05, 0) is 6.07 Å². The summed E-state index contributed by atoms with van der Waals surface area (Å²) < 4.78 is 0. The second-order valence-corrected chi connectivity index (χ2v) is 3.22. The lowest BCUT2D eigenvalue weighted by Gasteiger charge is -2.16. The van der Waals surface area contributed by atoms with Crippen molar-refractivity contribution < 1.29 is 9.59 Å². The Hall–Kier alpha value is -1.68. The molecule has 0 heterocycles. The summed E-state index contributed by atoms with van der Waals surface area (Å²) in [7, 11) is 1.66. The Morgan fingerprint density at radius 3 is 2.73 bits per heavy atom. The first kappa shape index (κ1) is 11.4. The molecule has 0 aliphatic rings. The molecule has 1 aromatic carbocycles. The van der Waals surface area contributed by atoms with E-state index in [0.29, 0.717) is 30.5 Å². The first-order valence-corrected chi connectivity index (χ1v) is 4.70. The van der Waals surface area contributed by atoms with Crippen molar-refractivity contribution in [1.29, 1.82) is 0 Å². The van der Waals surface area contributed by atoms with Crippen LogP contribution in [-0.2, 0) is 0 Å². The Labute approximate surface area is 88.7 Å². The molecule has 0 spiro atoms. The van der Waals surface area contributed by atoms with Gasteiger partial charge < -0.3 is 10.6 Å². The largest absolute Gasteiger partial charge is 0.340 e. The lowest BCUT2D eigenvalue weighted by Crippen LogP contribution is -2.32. The van der Waals surface area contributed by atoms with E-state index < -0.39 is 0 Å². The molecule has 1 amide bonds. The molecular weight excluding hydrogens is 192 g/mol. The molecule has 0 aliphatic carbocycles. The fourth-order valence-electron chi connectivity index (χ4n) is 1.30. The van der Waals surface area contributed by atoms with E-state index >= 15 is 0 Å². The minimum absolute atomic E-state index is 0.178. The molecule has 0 saturated heterocycles. The van der Waals surface area contributed by atoms with Crippen LogP contribution in [0.15, 0.2) is 24.3 Å². The number of nitrogens with two attached hydrogens (primary N) is 1. The number of hydrogen-bond donors (Lipinski definition) is 1. The molecule has 0 fully saturated rings. The van der Waals surface area contributed by atoms with Crippen LogP contribution in [0.2, 0.25) is 0 Å². The van der Waals surface area contributed by atoms with E-state index in [0.717, 1.165) is 0 Å². The molecule has 0 aliphatic heterocycles. The number of nitrogens with zero attached hydrogens (tertiary/aromatic N) is 1. The van der Waals surface area contributed by atoms with Crippen LogP contribution in [0, 0.1) is 0 Å². The molecule has 0 bridgehead atoms. The lowest BCUT2D eigenvalue weighted by molar-refractivity contribution is 0.0796. The van der Waals surface area contributed by atoms with Crippen molar-refractivity contribution in [3.05, 3.63) is 35.4 Å². The van der Waals surface area contributed by atoms with Crippen LogP contribution in [0.1, 0.15) is 20.7 Å². The van der Waals surface area contributed by atoms with E-state index in [9.17, 15) is 9.59 Å². The summed E-state index contributed by atoms with van der Waals surface area (Å²) in [5.74, 6) is -0.178. The van der Waals surface area contributed by atoms with E-state index in [1.807, 2.05) is 0 Å². The molecule has 1 rings (SSSR count). The minimum atomic E-state index is -0.178. The fraction of sp³-hybridized carbons (Fsp3) is 0.273. The van der Waals surface area contributed by atoms with Gasteiger partial charge in [-0.1, -0.05) is 18.2 Å². The molecule has 15 heavy (non-hydrogen) atoms. The highest BCUT2D eigenvalue weighted by atomic mass is 16.2. The Morgan fingerprint density at radius 2 is 2.13 bits per heavy atom. The molecule has 4 nitrogen and oxygen atoms in total. The van der Waals surface area contributed by atoms with Crippen molar-refractivity contribution in [2.75, 3.05) is 20.1 Å². The number of rotatable bonds is 4. The van der Waals surface area contributed by atoms with Crippen molar-refractivity contribution in [3.63, 3.8) is 0 Å². The zero-order chi connectivity index (χ0) is 11.3. The maximum Gasteiger partial charge on any atom is 0.254 e. The van der Waals surface area contributed by atoms with E-state index in [4.69, 9.17) is 5.73 Å². The van der Waals surface area contributed by atoms with Gasteiger partial charge in [0.25, 0.3) is 5.91 Å². The maximum atomic E-state index is 11.8. The average molecular weight is 206 g/mol. The van der Waals surface area contributed by atoms with E-state index in [1.165, 1.54) is 4.90 Å². The summed E-state index contributed by atoms with van der Waals surface area (Å²) in [5.41, 5.74) is 6.18. The number of hydrogen-bond acceptors (Lipinski definition) is 3. The van der Waals surface area contributed by atoms with Gasteiger partial charge >= 0.3 is 0 Å². The van der Waals surface area contributed by atoms with E-state index in [-0.39, 0.29) is 5.91 Å². The van der Waals surface area contributed by atoms with Crippen LogP contribution in [0.25, 0.3) is 0 Å². The highest BCUT2D eigenvalue weighted by molar-refractivity contribution is 6.01. The topological polar surface area (TPSA) is 63.4 Å². The number of benzene rings is 1. The van der Waals surface area contributed by atoms with Crippen LogP contribution >= 0.6 is 0 Å². The summed E-state index contributed by atoms with van der Waals surface area (Å²) in [6, 6.07) is 6.72. The Kier molecular flexibility index (Phi) is 4.00. The van der Waals surface area contributed by atoms with Crippen LogP contribution < -0.4 is 5.73 Å². The Bertz CT molecular complexity index is 363. The molecule has 2 N–H and O–H groups in total. The monoisotopic (exact) mass is 206 g/mol. The lowest BCUT2D eigenvalue weighted by atomic mass is 10.1. The van der Waals surface area contributed by atoms with Gasteiger partial charge in [-0.15, -0.1) is 0 Å². The van der Waals surface area contributed by atoms with Crippen molar-refractivity contribution in [2.24, 2.45) is 5.73 Å². The maximum absolute atomic E-state index is 11.8. The van der Waals surface area contributed by atoms with Gasteiger partial charge in [0.05, 0.1) is 5.56 Å². The zero-order valence-corrected chi connectivity index (χ0v) is 8.64. The van der Waals surface area contributed by atoms with Gasteiger partial charge in [0.2, 0.25) is 0 Å². The number of aldehydes is 1.